The second kappa shape index (κ2) is 10.7. The average Bonchev–Trinajstić information content (AvgIpc) is 3.16. The van der Waals surface area contributed by atoms with Gasteiger partial charge in [-0.2, -0.15) is 0 Å². The van der Waals surface area contributed by atoms with Crippen molar-refractivity contribution < 1.29 is 14.3 Å². The summed E-state index contributed by atoms with van der Waals surface area (Å²) in [5.41, 5.74) is 3.67. The topological polar surface area (TPSA) is 49.9 Å². The Balaban J connectivity index is 1.38. The van der Waals surface area contributed by atoms with Gasteiger partial charge in [-0.25, -0.2) is 0 Å². The molecular formula is C31H34N2O3. The van der Waals surface area contributed by atoms with E-state index >= 15 is 0 Å². The van der Waals surface area contributed by atoms with Crippen LogP contribution >= 0.6 is 0 Å². The van der Waals surface area contributed by atoms with Gasteiger partial charge in [0.1, 0.15) is 12.0 Å². The molecule has 1 unspecified atom stereocenters. The maximum atomic E-state index is 14.2. The lowest BCUT2D eigenvalue weighted by Gasteiger charge is -2.36. The SMILES string of the molecule is CC(=O)OCCN1C(=O)C(CCN2CCC(c3ccccc3)CC2)(c2ccccc2)c2ccccc21. The number of hydrogen-bond acceptors (Lipinski definition) is 4. The van der Waals surface area contributed by atoms with Gasteiger partial charge in [-0.1, -0.05) is 78.9 Å². The van der Waals surface area contributed by atoms with Gasteiger partial charge >= 0.3 is 5.97 Å². The number of esters is 1. The quantitative estimate of drug-likeness (QED) is 0.417. The molecule has 0 bridgehead atoms. The van der Waals surface area contributed by atoms with Crippen LogP contribution in [0.25, 0.3) is 0 Å². The van der Waals surface area contributed by atoms with Crippen molar-refractivity contribution in [3.05, 3.63) is 102 Å². The van der Waals surface area contributed by atoms with Crippen molar-refractivity contribution in [2.45, 2.75) is 37.5 Å². The fourth-order valence-electron chi connectivity index (χ4n) is 5.96. The van der Waals surface area contributed by atoms with E-state index in [2.05, 4.69) is 53.4 Å². The van der Waals surface area contributed by atoms with E-state index in [9.17, 15) is 9.59 Å². The van der Waals surface area contributed by atoms with Crippen LogP contribution in [0.5, 0.6) is 0 Å². The summed E-state index contributed by atoms with van der Waals surface area (Å²) in [7, 11) is 0. The second-order valence-electron chi connectivity index (χ2n) is 9.86. The zero-order valence-corrected chi connectivity index (χ0v) is 20.9. The number of rotatable bonds is 8. The number of fused-ring (bicyclic) bond motifs is 1. The van der Waals surface area contributed by atoms with Crippen LogP contribution in [0.1, 0.15) is 48.8 Å². The number of carbonyl (C=O) groups is 2. The Hall–Kier alpha value is -3.44. The van der Waals surface area contributed by atoms with Crippen molar-refractivity contribution in [3.63, 3.8) is 0 Å². The summed E-state index contributed by atoms with van der Waals surface area (Å²) in [6, 6.07) is 29.1. The van der Waals surface area contributed by atoms with Crippen LogP contribution in [0.2, 0.25) is 0 Å². The van der Waals surface area contributed by atoms with Gasteiger partial charge in [0, 0.05) is 12.6 Å². The lowest BCUT2D eigenvalue weighted by Crippen LogP contribution is -2.45. The van der Waals surface area contributed by atoms with Crippen LogP contribution in [0, 0.1) is 0 Å². The minimum Gasteiger partial charge on any atom is -0.464 e. The van der Waals surface area contributed by atoms with Crippen LogP contribution < -0.4 is 4.90 Å². The first-order valence-electron chi connectivity index (χ1n) is 13.0. The molecule has 0 radical (unpaired) electrons. The maximum Gasteiger partial charge on any atom is 0.302 e. The molecule has 2 aliphatic heterocycles. The molecule has 3 aromatic carbocycles. The minimum atomic E-state index is -0.746. The number of ether oxygens (including phenoxy) is 1. The highest BCUT2D eigenvalue weighted by atomic mass is 16.5. The molecule has 2 aliphatic rings. The zero-order chi connectivity index (χ0) is 25.0. The molecule has 0 aliphatic carbocycles. The molecular weight excluding hydrogens is 448 g/mol. The van der Waals surface area contributed by atoms with Crippen LogP contribution in [0.15, 0.2) is 84.9 Å². The molecule has 1 amide bonds. The van der Waals surface area contributed by atoms with Crippen LogP contribution in [-0.2, 0) is 19.7 Å². The summed E-state index contributed by atoms with van der Waals surface area (Å²) >= 11 is 0. The molecule has 3 aromatic rings. The molecule has 0 spiro atoms. The van der Waals surface area contributed by atoms with Crippen molar-refractivity contribution in [1.29, 1.82) is 0 Å². The molecule has 1 atom stereocenters. The van der Waals surface area contributed by atoms with Crippen molar-refractivity contribution >= 4 is 17.6 Å². The standard InChI is InChI=1S/C31H34N2O3/c1-24(34)36-23-22-33-29-15-9-8-14-28(29)31(30(33)35,27-12-6-3-7-13-27)18-21-32-19-16-26(17-20-32)25-10-4-2-5-11-25/h2-15,26H,16-23H2,1H3. The monoisotopic (exact) mass is 482 g/mol. The first-order chi connectivity index (χ1) is 17.6. The molecule has 1 fully saturated rings. The molecule has 0 N–H and O–H groups in total. The van der Waals surface area contributed by atoms with Crippen molar-refractivity contribution in [3.8, 4) is 0 Å². The number of nitrogens with zero attached hydrogens (tertiary/aromatic N) is 2. The normalized spacial score (nSPS) is 20.4. The van der Waals surface area contributed by atoms with E-state index in [-0.39, 0.29) is 18.5 Å². The number of hydrogen-bond donors (Lipinski definition) is 0. The summed E-state index contributed by atoms with van der Waals surface area (Å²) in [4.78, 5) is 29.9. The van der Waals surface area contributed by atoms with Gasteiger partial charge in [-0.3, -0.25) is 9.59 Å². The zero-order valence-electron chi connectivity index (χ0n) is 20.9. The summed E-state index contributed by atoms with van der Waals surface area (Å²) < 4.78 is 5.20. The third kappa shape index (κ3) is 4.68. The van der Waals surface area contributed by atoms with E-state index in [1.807, 2.05) is 41.3 Å². The van der Waals surface area contributed by atoms with Gasteiger partial charge in [-0.15, -0.1) is 0 Å². The Kier molecular flexibility index (Phi) is 7.19. The third-order valence-electron chi connectivity index (χ3n) is 7.81. The summed E-state index contributed by atoms with van der Waals surface area (Å²) in [6.45, 7) is 4.87. The average molecular weight is 483 g/mol. The van der Waals surface area contributed by atoms with Gasteiger partial charge in [0.2, 0.25) is 5.91 Å². The Labute approximate surface area is 213 Å². The van der Waals surface area contributed by atoms with E-state index in [0.717, 1.165) is 49.3 Å². The molecule has 0 saturated carbocycles. The first-order valence-corrected chi connectivity index (χ1v) is 13.0. The van der Waals surface area contributed by atoms with Crippen molar-refractivity contribution in [2.24, 2.45) is 0 Å². The largest absolute Gasteiger partial charge is 0.464 e. The summed E-state index contributed by atoms with van der Waals surface area (Å²) in [5.74, 6) is 0.348. The van der Waals surface area contributed by atoms with Gasteiger partial charge < -0.3 is 14.5 Å². The van der Waals surface area contributed by atoms with E-state index in [0.29, 0.717) is 18.9 Å². The van der Waals surface area contributed by atoms with Crippen LogP contribution in [0.3, 0.4) is 0 Å². The van der Waals surface area contributed by atoms with Crippen molar-refractivity contribution in [2.75, 3.05) is 37.7 Å². The molecule has 1 saturated heterocycles. The Bertz CT molecular complexity index is 1190. The molecule has 2 heterocycles. The van der Waals surface area contributed by atoms with Crippen LogP contribution in [0.4, 0.5) is 5.69 Å². The first kappa shape index (κ1) is 24.3. The number of para-hydroxylation sites is 1. The smallest absolute Gasteiger partial charge is 0.302 e. The van der Waals surface area contributed by atoms with Crippen molar-refractivity contribution in [1.82, 2.24) is 4.90 Å². The minimum absolute atomic E-state index is 0.0706. The number of benzene rings is 3. The second-order valence-corrected chi connectivity index (χ2v) is 9.86. The van der Waals surface area contributed by atoms with Gasteiger partial charge in [-0.05, 0) is 67.6 Å². The van der Waals surface area contributed by atoms with E-state index in [4.69, 9.17) is 4.74 Å². The summed E-state index contributed by atoms with van der Waals surface area (Å²) in [5, 5.41) is 0. The van der Waals surface area contributed by atoms with Crippen LogP contribution in [-0.4, -0.2) is 49.6 Å². The fraction of sp³-hybridized carbons (Fsp3) is 0.355. The molecule has 0 aromatic heterocycles. The van der Waals surface area contributed by atoms with Gasteiger partial charge in [0.15, 0.2) is 0 Å². The summed E-state index contributed by atoms with van der Waals surface area (Å²) in [6.07, 6.45) is 3.00. The lowest BCUT2D eigenvalue weighted by atomic mass is 9.72. The highest BCUT2D eigenvalue weighted by Crippen LogP contribution is 2.48. The number of amides is 1. The Morgan fingerprint density at radius 1 is 0.889 bits per heavy atom. The Morgan fingerprint density at radius 3 is 2.22 bits per heavy atom. The fourth-order valence-corrected chi connectivity index (χ4v) is 5.96. The predicted octanol–water partition coefficient (Wildman–Crippen LogP) is 5.15. The molecule has 36 heavy (non-hydrogen) atoms. The van der Waals surface area contributed by atoms with E-state index < -0.39 is 5.41 Å². The number of likely N-dealkylation sites (tertiary alicyclic amines) is 1. The molecule has 5 heteroatoms. The van der Waals surface area contributed by atoms with Gasteiger partial charge in [0.25, 0.3) is 0 Å². The third-order valence-corrected chi connectivity index (χ3v) is 7.81. The number of carbonyl (C=O) groups excluding carboxylic acids is 2. The number of piperidine rings is 1. The lowest BCUT2D eigenvalue weighted by molar-refractivity contribution is -0.141. The molecule has 5 rings (SSSR count). The molecule has 5 nitrogen and oxygen atoms in total. The van der Waals surface area contributed by atoms with Gasteiger partial charge in [0.05, 0.1) is 6.54 Å². The Morgan fingerprint density at radius 2 is 1.53 bits per heavy atom. The maximum absolute atomic E-state index is 14.2. The van der Waals surface area contributed by atoms with E-state index in [1.165, 1.54) is 12.5 Å². The number of anilines is 1. The van der Waals surface area contributed by atoms with E-state index in [1.54, 1.807) is 0 Å². The highest BCUT2D eigenvalue weighted by Gasteiger charge is 2.51. The molecule has 186 valence electrons. The highest BCUT2D eigenvalue weighted by molar-refractivity contribution is 6.10. The predicted molar refractivity (Wildman–Crippen MR) is 142 cm³/mol.